The number of nitrogens with one attached hydrogen (secondary N) is 1. The Morgan fingerprint density at radius 3 is 3.12 bits per heavy atom. The summed E-state index contributed by atoms with van der Waals surface area (Å²) in [6, 6.07) is 4.88. The van der Waals surface area contributed by atoms with Crippen molar-refractivity contribution in [2.24, 2.45) is 0 Å². The molecule has 0 amide bonds. The lowest BCUT2D eigenvalue weighted by atomic mass is 10.2. The molecular weight excluding hydrogens is 220 g/mol. The Hall–Kier alpha value is -1.88. The molecule has 1 aliphatic rings. The van der Waals surface area contributed by atoms with Crippen molar-refractivity contribution in [1.29, 1.82) is 0 Å². The average molecular weight is 232 g/mol. The van der Waals surface area contributed by atoms with Crippen LogP contribution in [0.5, 0.6) is 0 Å². The van der Waals surface area contributed by atoms with Crippen LogP contribution in [0.1, 0.15) is 35.1 Å². The Balaban J connectivity index is 2.03. The molecule has 1 fully saturated rings. The van der Waals surface area contributed by atoms with E-state index in [0.29, 0.717) is 0 Å². The van der Waals surface area contributed by atoms with E-state index in [1.165, 1.54) is 0 Å². The van der Waals surface area contributed by atoms with Crippen molar-refractivity contribution in [3.63, 3.8) is 0 Å². The lowest BCUT2D eigenvalue weighted by molar-refractivity contribution is 0.0697. The van der Waals surface area contributed by atoms with Gasteiger partial charge in [-0.3, -0.25) is 0 Å². The smallest absolute Gasteiger partial charge is 0.335 e. The summed E-state index contributed by atoms with van der Waals surface area (Å²) in [5.41, 5.74) is 1.79. The summed E-state index contributed by atoms with van der Waals surface area (Å²) < 4.78 is 5.54. The third kappa shape index (κ3) is 1.78. The minimum absolute atomic E-state index is 0.0238. The van der Waals surface area contributed by atoms with Gasteiger partial charge in [-0.05, 0) is 31.0 Å². The number of aromatic nitrogens is 2. The van der Waals surface area contributed by atoms with E-state index in [-0.39, 0.29) is 11.7 Å². The molecule has 0 unspecified atom stereocenters. The van der Waals surface area contributed by atoms with Crippen LogP contribution in [0, 0.1) is 0 Å². The predicted octanol–water partition coefficient (Wildman–Crippen LogP) is 2.11. The van der Waals surface area contributed by atoms with Gasteiger partial charge in [0, 0.05) is 6.61 Å². The normalized spacial score (nSPS) is 19.9. The molecule has 1 saturated heterocycles. The second kappa shape index (κ2) is 3.85. The van der Waals surface area contributed by atoms with Crippen molar-refractivity contribution < 1.29 is 14.6 Å². The highest BCUT2D eigenvalue weighted by atomic mass is 16.5. The molecule has 2 aromatic rings. The van der Waals surface area contributed by atoms with Gasteiger partial charge in [-0.1, -0.05) is 0 Å². The second-order valence-electron chi connectivity index (χ2n) is 4.16. The van der Waals surface area contributed by atoms with Crippen LogP contribution in [0.3, 0.4) is 0 Å². The lowest BCUT2D eigenvalue weighted by Crippen LogP contribution is -1.97. The van der Waals surface area contributed by atoms with Crippen molar-refractivity contribution in [3.8, 4) is 0 Å². The number of aromatic carboxylic acids is 1. The second-order valence-corrected chi connectivity index (χ2v) is 4.16. The Morgan fingerprint density at radius 2 is 2.41 bits per heavy atom. The van der Waals surface area contributed by atoms with Crippen LogP contribution in [-0.2, 0) is 4.74 Å². The molecule has 5 nitrogen and oxygen atoms in total. The molecule has 88 valence electrons. The van der Waals surface area contributed by atoms with E-state index < -0.39 is 5.97 Å². The van der Waals surface area contributed by atoms with Crippen LogP contribution in [0.2, 0.25) is 0 Å². The van der Waals surface area contributed by atoms with Gasteiger partial charge in [0.05, 0.1) is 16.6 Å². The van der Waals surface area contributed by atoms with Crippen LogP contribution < -0.4 is 0 Å². The maximum absolute atomic E-state index is 10.8. The van der Waals surface area contributed by atoms with Crippen molar-refractivity contribution in [3.05, 3.63) is 29.6 Å². The van der Waals surface area contributed by atoms with E-state index in [4.69, 9.17) is 9.84 Å². The summed E-state index contributed by atoms with van der Waals surface area (Å²) in [6.45, 7) is 0.766. The molecule has 1 aromatic heterocycles. The summed E-state index contributed by atoms with van der Waals surface area (Å²) in [5.74, 6) is -0.139. The fourth-order valence-corrected chi connectivity index (χ4v) is 2.11. The van der Waals surface area contributed by atoms with Gasteiger partial charge < -0.3 is 14.8 Å². The number of carboxylic acids is 1. The Labute approximate surface area is 97.4 Å². The van der Waals surface area contributed by atoms with Gasteiger partial charge in [-0.25, -0.2) is 9.78 Å². The number of hydrogen-bond acceptors (Lipinski definition) is 3. The highest BCUT2D eigenvalue weighted by Crippen LogP contribution is 2.28. The molecule has 5 heteroatoms. The first-order valence-corrected chi connectivity index (χ1v) is 5.58. The zero-order chi connectivity index (χ0) is 11.8. The van der Waals surface area contributed by atoms with Gasteiger partial charge in [0.2, 0.25) is 0 Å². The van der Waals surface area contributed by atoms with Crippen LogP contribution in [0.15, 0.2) is 18.2 Å². The molecule has 3 rings (SSSR count). The summed E-state index contributed by atoms with van der Waals surface area (Å²) in [6.07, 6.45) is 2.03. The summed E-state index contributed by atoms with van der Waals surface area (Å²) in [4.78, 5) is 18.4. The zero-order valence-electron chi connectivity index (χ0n) is 9.14. The minimum Gasteiger partial charge on any atom is -0.478 e. The first-order chi connectivity index (χ1) is 8.24. The number of H-pyrrole nitrogens is 1. The van der Waals surface area contributed by atoms with Crippen LogP contribution in [-0.4, -0.2) is 27.7 Å². The molecule has 0 bridgehead atoms. The van der Waals surface area contributed by atoms with E-state index in [2.05, 4.69) is 9.97 Å². The summed E-state index contributed by atoms with van der Waals surface area (Å²) in [7, 11) is 0. The topological polar surface area (TPSA) is 75.2 Å². The van der Waals surface area contributed by atoms with E-state index in [9.17, 15) is 4.79 Å². The molecule has 1 aliphatic heterocycles. The maximum Gasteiger partial charge on any atom is 0.335 e. The Kier molecular flexibility index (Phi) is 2.33. The van der Waals surface area contributed by atoms with E-state index >= 15 is 0 Å². The van der Waals surface area contributed by atoms with Crippen molar-refractivity contribution in [1.82, 2.24) is 9.97 Å². The average Bonchev–Trinajstić information content (AvgIpc) is 2.96. The van der Waals surface area contributed by atoms with Crippen molar-refractivity contribution >= 4 is 17.0 Å². The van der Waals surface area contributed by atoms with E-state index in [1.54, 1.807) is 18.2 Å². The van der Waals surface area contributed by atoms with Gasteiger partial charge in [0.1, 0.15) is 11.9 Å². The number of carbonyl (C=O) groups is 1. The van der Waals surface area contributed by atoms with E-state index in [1.807, 2.05) is 0 Å². The SMILES string of the molecule is O=C(O)c1ccc2nc([C@@H]3CCCO3)[nH]c2c1. The molecule has 0 radical (unpaired) electrons. The standard InChI is InChI=1S/C12H12N2O3/c15-12(16)7-3-4-8-9(6-7)14-11(13-8)10-2-1-5-17-10/h3-4,6,10H,1-2,5H2,(H,13,14)(H,15,16)/t10-/m0/s1. The molecule has 17 heavy (non-hydrogen) atoms. The number of rotatable bonds is 2. The molecule has 0 saturated carbocycles. The quantitative estimate of drug-likeness (QED) is 0.831. The predicted molar refractivity (Wildman–Crippen MR) is 61.0 cm³/mol. The number of ether oxygens (including phenoxy) is 1. The number of fused-ring (bicyclic) bond motifs is 1. The number of nitrogens with zero attached hydrogens (tertiary/aromatic N) is 1. The van der Waals surface area contributed by atoms with Gasteiger partial charge in [0.25, 0.3) is 0 Å². The van der Waals surface area contributed by atoms with Crippen molar-refractivity contribution in [2.75, 3.05) is 6.61 Å². The monoisotopic (exact) mass is 232 g/mol. The number of aromatic amines is 1. The zero-order valence-corrected chi connectivity index (χ0v) is 9.14. The highest BCUT2D eigenvalue weighted by Gasteiger charge is 2.21. The maximum atomic E-state index is 10.8. The third-order valence-corrected chi connectivity index (χ3v) is 2.98. The molecule has 1 atom stereocenters. The lowest BCUT2D eigenvalue weighted by Gasteiger charge is -2.03. The largest absolute Gasteiger partial charge is 0.478 e. The van der Waals surface area contributed by atoms with Crippen LogP contribution >= 0.6 is 0 Å². The van der Waals surface area contributed by atoms with Gasteiger partial charge >= 0.3 is 5.97 Å². The fraction of sp³-hybridized carbons (Fsp3) is 0.333. The Morgan fingerprint density at radius 1 is 1.53 bits per heavy atom. The molecule has 1 aromatic carbocycles. The summed E-state index contributed by atoms with van der Waals surface area (Å²) >= 11 is 0. The minimum atomic E-state index is -0.930. The van der Waals surface area contributed by atoms with Gasteiger partial charge in [0.15, 0.2) is 0 Å². The number of imidazole rings is 1. The first-order valence-electron chi connectivity index (χ1n) is 5.58. The molecular formula is C12H12N2O3. The number of carboxylic acid groups (broad SMARTS) is 1. The molecule has 2 heterocycles. The van der Waals surface area contributed by atoms with Crippen molar-refractivity contribution in [2.45, 2.75) is 18.9 Å². The Bertz CT molecular complexity index is 570. The molecule has 0 spiro atoms. The van der Waals surface area contributed by atoms with Gasteiger partial charge in [-0.15, -0.1) is 0 Å². The molecule has 2 N–H and O–H groups in total. The number of benzene rings is 1. The molecule has 0 aliphatic carbocycles. The van der Waals surface area contributed by atoms with E-state index in [0.717, 1.165) is 36.3 Å². The highest BCUT2D eigenvalue weighted by molar-refractivity contribution is 5.92. The third-order valence-electron chi connectivity index (χ3n) is 2.98. The first kappa shape index (κ1) is 10.3. The van der Waals surface area contributed by atoms with Crippen LogP contribution in [0.4, 0.5) is 0 Å². The fourth-order valence-electron chi connectivity index (χ4n) is 2.11. The summed E-state index contributed by atoms with van der Waals surface area (Å²) in [5, 5.41) is 8.90. The number of hydrogen-bond donors (Lipinski definition) is 2. The van der Waals surface area contributed by atoms with Gasteiger partial charge in [-0.2, -0.15) is 0 Å². The van der Waals surface area contributed by atoms with Crippen LogP contribution in [0.25, 0.3) is 11.0 Å².